The number of H-pyrrole nitrogens is 1. The van der Waals surface area contributed by atoms with E-state index in [1.165, 1.54) is 16.2 Å². The molecule has 2 saturated carbocycles. The second-order valence-electron chi connectivity index (χ2n) is 11.0. The highest BCUT2D eigenvalue weighted by Crippen LogP contribution is 2.68. The second-order valence-corrected chi connectivity index (χ2v) is 13.2. The Bertz CT molecular complexity index is 1560. The summed E-state index contributed by atoms with van der Waals surface area (Å²) < 4.78 is 0. The van der Waals surface area contributed by atoms with E-state index >= 15 is 0 Å². The van der Waals surface area contributed by atoms with Crippen LogP contribution >= 0.6 is 23.1 Å². The number of hydrogen-bond acceptors (Lipinski definition) is 7. The lowest BCUT2D eigenvalue weighted by molar-refractivity contribution is -0.141. The minimum Gasteiger partial charge on any atom is -0.508 e. The summed E-state index contributed by atoms with van der Waals surface area (Å²) in [4.78, 5) is 57.3. The molecule has 2 bridgehead atoms. The van der Waals surface area contributed by atoms with Crippen molar-refractivity contribution in [3.8, 4) is 5.75 Å². The number of likely N-dealkylation sites (tertiary alicyclic amines) is 1. The molecule has 3 amide bonds. The molecule has 2 aliphatic heterocycles. The number of aromatic amines is 1. The first kappa shape index (κ1) is 24.7. The Hall–Kier alpha value is -3.37. The van der Waals surface area contributed by atoms with E-state index in [0.717, 1.165) is 27.5 Å². The lowest BCUT2D eigenvalue weighted by Gasteiger charge is -2.43. The third kappa shape index (κ3) is 3.79. The highest BCUT2D eigenvalue weighted by atomic mass is 32.2. The molecule has 200 valence electrons. The largest absolute Gasteiger partial charge is 0.508 e. The highest BCUT2D eigenvalue weighted by molar-refractivity contribution is 8.00. The van der Waals surface area contributed by atoms with Gasteiger partial charge in [-0.05, 0) is 49.3 Å². The molecule has 3 heterocycles. The number of phenols is 1. The predicted molar refractivity (Wildman–Crippen MR) is 148 cm³/mol. The average molecular weight is 562 g/mol. The van der Waals surface area contributed by atoms with Crippen molar-refractivity contribution in [2.75, 3.05) is 11.9 Å². The van der Waals surface area contributed by atoms with Crippen molar-refractivity contribution in [2.24, 2.45) is 29.6 Å². The summed E-state index contributed by atoms with van der Waals surface area (Å²) in [6, 6.07) is 14.7. The Kier molecular flexibility index (Phi) is 5.75. The van der Waals surface area contributed by atoms with Crippen LogP contribution in [0.15, 0.2) is 58.4 Å². The number of aryl methyl sites for hydroxylation is 1. The number of aromatic hydroxyl groups is 1. The van der Waals surface area contributed by atoms with Crippen LogP contribution in [0.3, 0.4) is 0 Å². The Morgan fingerprint density at radius 1 is 1.05 bits per heavy atom. The van der Waals surface area contributed by atoms with Gasteiger partial charge in [-0.15, -0.1) is 11.8 Å². The topological polar surface area (TPSA) is 120 Å². The summed E-state index contributed by atoms with van der Waals surface area (Å²) in [5.41, 5.74) is 2.53. The molecule has 8 nitrogen and oxygen atoms in total. The first-order chi connectivity index (χ1) is 18.8. The molecular formula is C29H27N3O5S2. The van der Waals surface area contributed by atoms with Gasteiger partial charge >= 0.3 is 4.87 Å². The van der Waals surface area contributed by atoms with Gasteiger partial charge < -0.3 is 15.4 Å². The van der Waals surface area contributed by atoms with Crippen molar-refractivity contribution >= 4 is 46.5 Å². The fraction of sp³-hybridized carbons (Fsp3) is 0.379. The van der Waals surface area contributed by atoms with Crippen molar-refractivity contribution in [1.29, 1.82) is 0 Å². The zero-order valence-electron chi connectivity index (χ0n) is 21.1. The second kappa shape index (κ2) is 9.09. The average Bonchev–Trinajstić information content (AvgIpc) is 3.64. The molecule has 1 saturated heterocycles. The normalized spacial score (nSPS) is 30.3. The molecule has 3 aromatic rings. The molecule has 7 atom stereocenters. The first-order valence-electron chi connectivity index (χ1n) is 13.2. The molecule has 1 aromatic heterocycles. The lowest BCUT2D eigenvalue weighted by Crippen LogP contribution is -2.42. The van der Waals surface area contributed by atoms with E-state index < -0.39 is 11.8 Å². The van der Waals surface area contributed by atoms with E-state index in [9.17, 15) is 24.3 Å². The summed E-state index contributed by atoms with van der Waals surface area (Å²) in [6.45, 7) is 2.03. The van der Waals surface area contributed by atoms with Crippen LogP contribution in [0.25, 0.3) is 0 Å². The number of amides is 3. The van der Waals surface area contributed by atoms with Crippen molar-refractivity contribution in [3.63, 3.8) is 0 Å². The van der Waals surface area contributed by atoms with Crippen LogP contribution in [0, 0.1) is 36.5 Å². The number of aromatic nitrogens is 1. The fourth-order valence-electron chi connectivity index (χ4n) is 7.47. The monoisotopic (exact) mass is 561 g/mol. The number of carbonyl (C=O) groups excluding carboxylic acids is 3. The van der Waals surface area contributed by atoms with Gasteiger partial charge in [0.05, 0.1) is 16.9 Å². The van der Waals surface area contributed by atoms with Crippen LogP contribution < -0.4 is 10.2 Å². The van der Waals surface area contributed by atoms with Gasteiger partial charge in [-0.1, -0.05) is 47.2 Å². The van der Waals surface area contributed by atoms with Crippen LogP contribution in [0.5, 0.6) is 5.75 Å². The molecule has 3 fully saturated rings. The maximum absolute atomic E-state index is 13.7. The maximum Gasteiger partial charge on any atom is 0.305 e. The van der Waals surface area contributed by atoms with Gasteiger partial charge in [0.25, 0.3) is 0 Å². The summed E-state index contributed by atoms with van der Waals surface area (Å²) in [6.07, 6.45) is 0.820. The number of nitrogens with one attached hydrogen (secondary N) is 2. The van der Waals surface area contributed by atoms with E-state index in [0.29, 0.717) is 5.69 Å². The van der Waals surface area contributed by atoms with E-state index in [1.54, 1.807) is 23.9 Å². The van der Waals surface area contributed by atoms with Gasteiger partial charge in [-0.3, -0.25) is 24.1 Å². The predicted octanol–water partition coefficient (Wildman–Crippen LogP) is 3.95. The molecule has 2 aromatic carbocycles. The van der Waals surface area contributed by atoms with Crippen molar-refractivity contribution in [2.45, 2.75) is 36.0 Å². The SMILES string of the molecule is Cc1ccc(NC(=O)CCN2C(=O)C3C4CC(C3C2=O)C2C(c3ccccc3O)c3sc(=O)[nH]c3SC42)cc1. The van der Waals surface area contributed by atoms with Crippen LogP contribution in [0.4, 0.5) is 5.69 Å². The van der Waals surface area contributed by atoms with Gasteiger partial charge in [-0.2, -0.15) is 0 Å². The van der Waals surface area contributed by atoms with Gasteiger partial charge in [0.2, 0.25) is 17.7 Å². The quantitative estimate of drug-likeness (QED) is 0.406. The Balaban J connectivity index is 1.15. The number of fused-ring (bicyclic) bond motifs is 9. The number of nitrogens with zero attached hydrogens (tertiary/aromatic N) is 1. The number of rotatable bonds is 5. The minimum atomic E-state index is -0.421. The number of imide groups is 1. The van der Waals surface area contributed by atoms with Crippen molar-refractivity contribution < 1.29 is 19.5 Å². The number of benzene rings is 2. The number of thiazole rings is 1. The zero-order chi connectivity index (χ0) is 27.0. The van der Waals surface area contributed by atoms with Gasteiger partial charge in [0.1, 0.15) is 5.75 Å². The number of phenolic OH excluding ortho intramolecular Hbond substituents is 1. The van der Waals surface area contributed by atoms with E-state index in [1.807, 2.05) is 43.3 Å². The van der Waals surface area contributed by atoms with Gasteiger partial charge in [0.15, 0.2) is 0 Å². The molecule has 4 aliphatic rings. The number of para-hydroxylation sites is 1. The number of hydrogen-bond donors (Lipinski definition) is 3. The van der Waals surface area contributed by atoms with Crippen molar-refractivity contribution in [3.05, 3.63) is 74.2 Å². The molecule has 0 spiro atoms. The van der Waals surface area contributed by atoms with Crippen LogP contribution in [0.1, 0.15) is 34.8 Å². The molecule has 0 radical (unpaired) electrons. The minimum absolute atomic E-state index is 0.00254. The van der Waals surface area contributed by atoms with Gasteiger partial charge in [-0.25, -0.2) is 0 Å². The molecule has 2 aliphatic carbocycles. The standard InChI is InChI=1S/C29H27N3O5S2/c1-13-6-8-14(9-7-13)30-19(34)10-11-32-27(35)22-16-12-17(23(22)28(32)36)24-21(16)20(15-4-2-3-5-18(15)33)25-26(38-24)31-29(37)39-25/h2-9,16-17,20-24,33H,10-12H2,1H3,(H,30,34)(H,31,37). The Morgan fingerprint density at radius 2 is 1.77 bits per heavy atom. The lowest BCUT2D eigenvalue weighted by atomic mass is 9.68. The van der Waals surface area contributed by atoms with Crippen LogP contribution in [-0.2, 0) is 14.4 Å². The Labute approximate surface area is 232 Å². The van der Waals surface area contributed by atoms with Crippen LogP contribution in [0.2, 0.25) is 0 Å². The van der Waals surface area contributed by atoms with E-state index in [-0.39, 0.29) is 70.2 Å². The number of carbonyl (C=O) groups is 3. The first-order valence-corrected chi connectivity index (χ1v) is 14.9. The van der Waals surface area contributed by atoms with Crippen molar-refractivity contribution in [1.82, 2.24) is 9.88 Å². The van der Waals surface area contributed by atoms with E-state index in [2.05, 4.69) is 10.3 Å². The smallest absolute Gasteiger partial charge is 0.305 e. The molecule has 10 heteroatoms. The molecule has 7 unspecified atom stereocenters. The number of anilines is 1. The summed E-state index contributed by atoms with van der Waals surface area (Å²) in [5, 5.41) is 14.5. The van der Waals surface area contributed by atoms with Gasteiger partial charge in [0, 0.05) is 40.3 Å². The Morgan fingerprint density at radius 3 is 2.51 bits per heavy atom. The molecule has 39 heavy (non-hydrogen) atoms. The van der Waals surface area contributed by atoms with E-state index in [4.69, 9.17) is 0 Å². The fourth-order valence-corrected chi connectivity index (χ4v) is 10.4. The maximum atomic E-state index is 13.7. The summed E-state index contributed by atoms with van der Waals surface area (Å²) in [7, 11) is 0. The highest BCUT2D eigenvalue weighted by Gasteiger charge is 2.69. The summed E-state index contributed by atoms with van der Waals surface area (Å²) >= 11 is 2.78. The molecular weight excluding hydrogens is 534 g/mol. The third-order valence-corrected chi connectivity index (χ3v) is 11.6. The molecule has 7 rings (SSSR count). The number of thioether (sulfide) groups is 1. The molecule has 3 N–H and O–H groups in total. The third-order valence-electron chi connectivity index (χ3n) is 8.98. The summed E-state index contributed by atoms with van der Waals surface area (Å²) in [5.74, 6) is -1.47. The zero-order valence-corrected chi connectivity index (χ0v) is 22.8. The van der Waals surface area contributed by atoms with Crippen LogP contribution in [-0.4, -0.2) is 44.5 Å².